The van der Waals surface area contributed by atoms with Crippen LogP contribution in [0, 0.1) is 11.7 Å². The molecule has 3 aromatic carbocycles. The Bertz CT molecular complexity index is 1200. The van der Waals surface area contributed by atoms with Crippen molar-refractivity contribution < 1.29 is 18.7 Å². The first-order valence-electron chi connectivity index (χ1n) is 10.1. The zero-order chi connectivity index (χ0) is 22.5. The van der Waals surface area contributed by atoms with Crippen LogP contribution in [0.2, 0.25) is 5.02 Å². The molecule has 0 unspecified atom stereocenters. The number of anilines is 2. The van der Waals surface area contributed by atoms with E-state index < -0.39 is 29.5 Å². The summed E-state index contributed by atoms with van der Waals surface area (Å²) in [5, 5.41) is 6.41. The van der Waals surface area contributed by atoms with Crippen LogP contribution in [0.15, 0.2) is 72.8 Å². The largest absolute Gasteiger partial charge is 0.466 e. The summed E-state index contributed by atoms with van der Waals surface area (Å²) in [7, 11) is 0. The van der Waals surface area contributed by atoms with E-state index in [0.29, 0.717) is 27.7 Å². The maximum atomic E-state index is 13.6. The number of rotatable bonds is 3. The quantitative estimate of drug-likeness (QED) is 0.581. The Hall–Kier alpha value is -3.58. The first-order valence-corrected chi connectivity index (χ1v) is 10.5. The number of carbonyl (C=O) groups excluding carboxylic acids is 2. The van der Waals surface area contributed by atoms with Crippen LogP contribution in [-0.4, -0.2) is 17.7 Å². The summed E-state index contributed by atoms with van der Waals surface area (Å²) in [6.07, 6.45) is 0. The van der Waals surface area contributed by atoms with E-state index in [4.69, 9.17) is 16.3 Å². The van der Waals surface area contributed by atoms with Crippen LogP contribution in [0.25, 0.3) is 0 Å². The fourth-order valence-corrected chi connectivity index (χ4v) is 4.59. The van der Waals surface area contributed by atoms with Crippen molar-refractivity contribution in [2.45, 2.75) is 18.7 Å². The fraction of sp³-hybridized carbons (Fsp3) is 0.167. The molecule has 0 spiro atoms. The number of halogens is 2. The highest BCUT2D eigenvalue weighted by molar-refractivity contribution is 6.30. The van der Waals surface area contributed by atoms with Gasteiger partial charge in [-0.25, -0.2) is 9.18 Å². The number of para-hydroxylation sites is 1. The van der Waals surface area contributed by atoms with E-state index in [2.05, 4.69) is 10.6 Å². The predicted molar refractivity (Wildman–Crippen MR) is 119 cm³/mol. The van der Waals surface area contributed by atoms with Crippen molar-refractivity contribution in [2.75, 3.05) is 10.2 Å². The Morgan fingerprint density at radius 1 is 1.09 bits per heavy atom. The summed E-state index contributed by atoms with van der Waals surface area (Å²) in [4.78, 5) is 28.1. The number of ether oxygens (including phenoxy) is 1. The standard InChI is InChI=1S/C24H19ClFN3O3/c1-24-20(22(30)27-16-10-6-14(25)7-11-16)21(18-4-2-3-5-19(18)32-24)28-23(31)29(24)17-12-8-15(26)9-13-17/h2-13,20-21H,1H3,(H,27,30)(H,28,31)/t20-,21-,24+/m1/s1. The number of urea groups is 1. The van der Waals surface area contributed by atoms with E-state index in [9.17, 15) is 14.0 Å². The summed E-state index contributed by atoms with van der Waals surface area (Å²) in [6, 6.07) is 18.5. The molecule has 0 radical (unpaired) electrons. The molecule has 32 heavy (non-hydrogen) atoms. The minimum Gasteiger partial charge on any atom is -0.466 e. The lowest BCUT2D eigenvalue weighted by atomic mass is 9.78. The van der Waals surface area contributed by atoms with E-state index in [1.807, 2.05) is 18.2 Å². The second kappa shape index (κ2) is 7.53. The van der Waals surface area contributed by atoms with Gasteiger partial charge >= 0.3 is 6.03 Å². The molecule has 3 amide bonds. The molecule has 2 aliphatic rings. The normalized spacial score (nSPS) is 23.6. The topological polar surface area (TPSA) is 70.7 Å². The van der Waals surface area contributed by atoms with Crippen molar-refractivity contribution in [1.29, 1.82) is 0 Å². The molecular formula is C24H19ClFN3O3. The van der Waals surface area contributed by atoms with Crippen molar-refractivity contribution >= 4 is 34.9 Å². The Kier molecular flexibility index (Phi) is 4.78. The van der Waals surface area contributed by atoms with Crippen molar-refractivity contribution in [1.82, 2.24) is 5.32 Å². The highest BCUT2D eigenvalue weighted by Gasteiger charge is 2.60. The molecule has 162 valence electrons. The molecule has 0 saturated carbocycles. The number of fused-ring (bicyclic) bond motifs is 4. The third kappa shape index (κ3) is 3.26. The summed E-state index contributed by atoms with van der Waals surface area (Å²) in [6.45, 7) is 1.70. The lowest BCUT2D eigenvalue weighted by Crippen LogP contribution is -2.72. The fourth-order valence-electron chi connectivity index (χ4n) is 4.46. The van der Waals surface area contributed by atoms with Crippen molar-refractivity contribution in [3.05, 3.63) is 89.2 Å². The summed E-state index contributed by atoms with van der Waals surface area (Å²) < 4.78 is 19.9. The average Bonchev–Trinajstić information content (AvgIpc) is 2.76. The van der Waals surface area contributed by atoms with Crippen LogP contribution in [0.1, 0.15) is 18.5 Å². The summed E-state index contributed by atoms with van der Waals surface area (Å²) in [5.74, 6) is -0.999. The summed E-state index contributed by atoms with van der Waals surface area (Å²) in [5.41, 5.74) is 0.330. The molecule has 1 saturated heterocycles. The number of nitrogens with zero attached hydrogens (tertiary/aromatic N) is 1. The van der Waals surface area contributed by atoms with Crippen molar-refractivity contribution in [2.24, 2.45) is 5.92 Å². The van der Waals surface area contributed by atoms with Gasteiger partial charge in [-0.2, -0.15) is 0 Å². The van der Waals surface area contributed by atoms with E-state index in [1.165, 1.54) is 29.2 Å². The zero-order valence-electron chi connectivity index (χ0n) is 17.0. The van der Waals surface area contributed by atoms with Gasteiger partial charge in [0.1, 0.15) is 17.5 Å². The van der Waals surface area contributed by atoms with Crippen molar-refractivity contribution in [3.63, 3.8) is 0 Å². The van der Waals surface area contributed by atoms with Gasteiger partial charge in [0.2, 0.25) is 11.6 Å². The highest BCUT2D eigenvalue weighted by atomic mass is 35.5. The molecule has 2 N–H and O–H groups in total. The minimum absolute atomic E-state index is 0.332. The number of hydrogen-bond donors (Lipinski definition) is 2. The molecule has 0 aromatic heterocycles. The first kappa shape index (κ1) is 20.3. The Balaban J connectivity index is 1.60. The monoisotopic (exact) mass is 451 g/mol. The molecule has 0 aliphatic carbocycles. The number of benzene rings is 3. The van der Waals surface area contributed by atoms with Gasteiger partial charge in [0.05, 0.1) is 6.04 Å². The molecule has 3 aromatic rings. The van der Waals surface area contributed by atoms with Crippen LogP contribution in [0.5, 0.6) is 5.75 Å². The Morgan fingerprint density at radius 2 is 1.78 bits per heavy atom. The molecule has 3 atom stereocenters. The number of nitrogens with one attached hydrogen (secondary N) is 2. The van der Waals surface area contributed by atoms with E-state index >= 15 is 0 Å². The summed E-state index contributed by atoms with van der Waals surface area (Å²) >= 11 is 5.95. The second-order valence-electron chi connectivity index (χ2n) is 7.91. The molecule has 2 bridgehead atoms. The van der Waals surface area contributed by atoms with E-state index in [1.54, 1.807) is 37.3 Å². The molecule has 2 aliphatic heterocycles. The first-order chi connectivity index (χ1) is 15.4. The van der Waals surface area contributed by atoms with Crippen LogP contribution in [0.4, 0.5) is 20.6 Å². The molecule has 1 fully saturated rings. The SMILES string of the molecule is C[C@@]12Oc3ccccc3[C@@H](NC(=O)N1c1ccc(F)cc1)[C@@H]2C(=O)Nc1ccc(Cl)cc1. The van der Waals surface area contributed by atoms with Gasteiger partial charge in [0.25, 0.3) is 0 Å². The Labute approximate surface area is 188 Å². The van der Waals surface area contributed by atoms with Gasteiger partial charge in [-0.1, -0.05) is 29.8 Å². The van der Waals surface area contributed by atoms with E-state index in [-0.39, 0.29) is 5.91 Å². The third-order valence-corrected chi connectivity index (χ3v) is 6.14. The minimum atomic E-state index is -1.37. The highest BCUT2D eigenvalue weighted by Crippen LogP contribution is 2.49. The van der Waals surface area contributed by atoms with Gasteiger partial charge in [0, 0.05) is 22.0 Å². The van der Waals surface area contributed by atoms with Gasteiger partial charge < -0.3 is 15.4 Å². The van der Waals surface area contributed by atoms with Gasteiger partial charge in [-0.3, -0.25) is 9.69 Å². The maximum Gasteiger partial charge on any atom is 0.325 e. The molecular weight excluding hydrogens is 433 g/mol. The maximum absolute atomic E-state index is 13.6. The van der Waals surface area contributed by atoms with Gasteiger partial charge in [0.15, 0.2) is 0 Å². The molecule has 5 rings (SSSR count). The Morgan fingerprint density at radius 3 is 2.50 bits per heavy atom. The lowest BCUT2D eigenvalue weighted by Gasteiger charge is -2.54. The lowest BCUT2D eigenvalue weighted by molar-refractivity contribution is -0.131. The number of amides is 3. The second-order valence-corrected chi connectivity index (χ2v) is 8.34. The zero-order valence-corrected chi connectivity index (χ0v) is 17.8. The number of hydrogen-bond acceptors (Lipinski definition) is 3. The van der Waals surface area contributed by atoms with Crippen LogP contribution >= 0.6 is 11.6 Å². The van der Waals surface area contributed by atoms with E-state index in [0.717, 1.165) is 0 Å². The molecule has 2 heterocycles. The molecule has 8 heteroatoms. The smallest absolute Gasteiger partial charge is 0.325 e. The van der Waals surface area contributed by atoms with Crippen LogP contribution < -0.4 is 20.3 Å². The number of carbonyl (C=O) groups is 2. The van der Waals surface area contributed by atoms with Crippen molar-refractivity contribution in [3.8, 4) is 5.75 Å². The third-order valence-electron chi connectivity index (χ3n) is 5.89. The average molecular weight is 452 g/mol. The van der Waals surface area contributed by atoms with Crippen LogP contribution in [-0.2, 0) is 4.79 Å². The van der Waals surface area contributed by atoms with Gasteiger partial charge in [-0.05, 0) is 61.5 Å². The van der Waals surface area contributed by atoms with Gasteiger partial charge in [-0.15, -0.1) is 0 Å². The molecule has 6 nitrogen and oxygen atoms in total. The predicted octanol–water partition coefficient (Wildman–Crippen LogP) is 5.11. The van der Waals surface area contributed by atoms with Crippen LogP contribution in [0.3, 0.4) is 0 Å².